The van der Waals surface area contributed by atoms with Gasteiger partial charge in [-0.2, -0.15) is 0 Å². The van der Waals surface area contributed by atoms with E-state index in [4.69, 9.17) is 14.2 Å². The smallest absolute Gasteiger partial charge is 0.305 e. The minimum absolute atomic E-state index is 0.0576. The topological polar surface area (TPSA) is 65.0 Å². The van der Waals surface area contributed by atoms with E-state index in [1.807, 2.05) is 24.3 Å². The van der Waals surface area contributed by atoms with Gasteiger partial charge < -0.3 is 19.3 Å². The molecule has 5 nitrogen and oxygen atoms in total. The molecule has 32 heavy (non-hydrogen) atoms. The summed E-state index contributed by atoms with van der Waals surface area (Å²) in [6, 6.07) is 15.5. The zero-order chi connectivity index (χ0) is 23.1. The van der Waals surface area contributed by atoms with Gasteiger partial charge >= 0.3 is 5.97 Å². The maximum Gasteiger partial charge on any atom is 0.305 e. The van der Waals surface area contributed by atoms with Crippen LogP contribution < -0.4 is 9.47 Å². The number of unbranched alkanes of at least 4 members (excludes halogenated alkanes) is 2. The molecule has 0 saturated carbocycles. The van der Waals surface area contributed by atoms with Crippen LogP contribution in [0.15, 0.2) is 48.5 Å². The molecule has 1 unspecified atom stereocenters. The predicted molar refractivity (Wildman–Crippen MR) is 127 cm³/mol. The van der Waals surface area contributed by atoms with Crippen LogP contribution >= 0.6 is 0 Å². The molecular formula is C27H32O5. The first-order valence-electron chi connectivity index (χ1n) is 11.0. The summed E-state index contributed by atoms with van der Waals surface area (Å²) in [5.41, 5.74) is 3.26. The maximum atomic E-state index is 11.4. The fourth-order valence-corrected chi connectivity index (χ4v) is 4.50. The number of esters is 1. The zero-order valence-electron chi connectivity index (χ0n) is 19.3. The molecule has 3 rings (SSSR count). The van der Waals surface area contributed by atoms with Crippen molar-refractivity contribution in [3.63, 3.8) is 0 Å². The molecule has 0 aliphatic heterocycles. The van der Waals surface area contributed by atoms with Crippen LogP contribution in [0.25, 0.3) is 10.8 Å². The molecule has 3 aromatic carbocycles. The van der Waals surface area contributed by atoms with Gasteiger partial charge in [-0.15, -0.1) is 0 Å². The number of ether oxygens (including phenoxy) is 3. The standard InChI is InChI=1S/C27H32O5/c1-18-25(27(32-4)23-12-9-8-11-22(23)26(18)31-3)21(19-14-16-20(28)17-15-19)10-6-5-7-13-24(29)30-2/h8-9,11-12,14-17,21,28H,5-7,10,13H2,1-4H3. The third-order valence-electron chi connectivity index (χ3n) is 6.06. The van der Waals surface area contributed by atoms with Crippen LogP contribution in [0.5, 0.6) is 17.2 Å². The van der Waals surface area contributed by atoms with Gasteiger partial charge in [0, 0.05) is 28.7 Å². The van der Waals surface area contributed by atoms with Gasteiger partial charge in [-0.3, -0.25) is 4.79 Å². The van der Waals surface area contributed by atoms with E-state index in [0.29, 0.717) is 6.42 Å². The molecule has 0 aliphatic carbocycles. The maximum absolute atomic E-state index is 11.4. The fourth-order valence-electron chi connectivity index (χ4n) is 4.50. The molecule has 0 heterocycles. The Hall–Kier alpha value is -3.21. The first-order chi connectivity index (χ1) is 15.5. The van der Waals surface area contributed by atoms with Crippen molar-refractivity contribution in [2.24, 2.45) is 0 Å². The third kappa shape index (κ3) is 4.98. The van der Waals surface area contributed by atoms with Crippen molar-refractivity contribution in [2.75, 3.05) is 21.3 Å². The van der Waals surface area contributed by atoms with Crippen LogP contribution in [-0.2, 0) is 9.53 Å². The molecule has 0 saturated heterocycles. The molecule has 0 amide bonds. The predicted octanol–water partition coefficient (Wildman–Crippen LogP) is 6.13. The Balaban J connectivity index is 2.04. The first-order valence-corrected chi connectivity index (χ1v) is 11.0. The summed E-state index contributed by atoms with van der Waals surface area (Å²) in [6.45, 7) is 2.08. The second kappa shape index (κ2) is 10.9. The summed E-state index contributed by atoms with van der Waals surface area (Å²) >= 11 is 0. The van der Waals surface area contributed by atoms with Crippen molar-refractivity contribution in [2.45, 2.75) is 44.9 Å². The summed E-state index contributed by atoms with van der Waals surface area (Å²) < 4.78 is 16.6. The number of phenolic OH excluding ortho intramolecular Hbond substituents is 1. The van der Waals surface area contributed by atoms with E-state index in [9.17, 15) is 9.90 Å². The van der Waals surface area contributed by atoms with Crippen molar-refractivity contribution in [1.29, 1.82) is 0 Å². The molecule has 0 aliphatic rings. The molecular weight excluding hydrogens is 404 g/mol. The fraction of sp³-hybridized carbons (Fsp3) is 0.370. The number of benzene rings is 3. The van der Waals surface area contributed by atoms with E-state index >= 15 is 0 Å². The van der Waals surface area contributed by atoms with E-state index < -0.39 is 0 Å². The van der Waals surface area contributed by atoms with Gasteiger partial charge in [0.15, 0.2) is 0 Å². The first kappa shape index (κ1) is 23.5. The van der Waals surface area contributed by atoms with Gasteiger partial charge in [0.1, 0.15) is 17.2 Å². The summed E-state index contributed by atoms with van der Waals surface area (Å²) in [4.78, 5) is 11.4. The third-order valence-corrected chi connectivity index (χ3v) is 6.06. The molecule has 0 aromatic heterocycles. The molecule has 5 heteroatoms. The molecule has 3 aromatic rings. The summed E-state index contributed by atoms with van der Waals surface area (Å²) in [5.74, 6) is 1.84. The van der Waals surface area contributed by atoms with Gasteiger partial charge in [0.05, 0.1) is 21.3 Å². The zero-order valence-corrected chi connectivity index (χ0v) is 19.3. The summed E-state index contributed by atoms with van der Waals surface area (Å²) in [5, 5.41) is 11.9. The normalized spacial score (nSPS) is 11.9. The van der Waals surface area contributed by atoms with Crippen molar-refractivity contribution in [1.82, 2.24) is 0 Å². The van der Waals surface area contributed by atoms with E-state index in [-0.39, 0.29) is 17.6 Å². The Morgan fingerprint density at radius 3 is 2.09 bits per heavy atom. The Morgan fingerprint density at radius 1 is 0.875 bits per heavy atom. The van der Waals surface area contributed by atoms with Gasteiger partial charge in [0.2, 0.25) is 0 Å². The van der Waals surface area contributed by atoms with E-state index in [1.54, 1.807) is 26.4 Å². The van der Waals surface area contributed by atoms with Crippen molar-refractivity contribution in [3.8, 4) is 17.2 Å². The van der Waals surface area contributed by atoms with Crippen LogP contribution in [0, 0.1) is 6.92 Å². The molecule has 0 bridgehead atoms. The second-order valence-corrected chi connectivity index (χ2v) is 7.97. The van der Waals surface area contributed by atoms with Crippen molar-refractivity contribution in [3.05, 3.63) is 65.2 Å². The van der Waals surface area contributed by atoms with Gasteiger partial charge in [-0.25, -0.2) is 0 Å². The Kier molecular flexibility index (Phi) is 7.98. The number of methoxy groups -OCH3 is 3. The minimum Gasteiger partial charge on any atom is -0.508 e. The number of hydrogen-bond donors (Lipinski definition) is 1. The van der Waals surface area contributed by atoms with E-state index in [1.165, 1.54) is 7.11 Å². The second-order valence-electron chi connectivity index (χ2n) is 7.97. The molecule has 0 fully saturated rings. The lowest BCUT2D eigenvalue weighted by Crippen LogP contribution is -2.08. The number of hydrogen-bond acceptors (Lipinski definition) is 5. The monoisotopic (exact) mass is 436 g/mol. The number of carbonyl (C=O) groups is 1. The molecule has 1 atom stereocenters. The van der Waals surface area contributed by atoms with Crippen LogP contribution in [-0.4, -0.2) is 32.4 Å². The quantitative estimate of drug-likeness (QED) is 0.306. The molecule has 0 radical (unpaired) electrons. The number of fused-ring (bicyclic) bond motifs is 1. The lowest BCUT2D eigenvalue weighted by Gasteiger charge is -2.26. The Labute approximate surface area is 189 Å². The number of phenols is 1. The lowest BCUT2D eigenvalue weighted by molar-refractivity contribution is -0.140. The van der Waals surface area contributed by atoms with E-state index in [2.05, 4.69) is 19.1 Å². The Morgan fingerprint density at radius 2 is 1.50 bits per heavy atom. The lowest BCUT2D eigenvalue weighted by atomic mass is 9.82. The number of carbonyl (C=O) groups excluding carboxylic acids is 1. The summed E-state index contributed by atoms with van der Waals surface area (Å²) in [6.07, 6.45) is 3.99. The molecule has 170 valence electrons. The van der Waals surface area contributed by atoms with Crippen LogP contribution in [0.3, 0.4) is 0 Å². The highest BCUT2D eigenvalue weighted by Gasteiger charge is 2.26. The van der Waals surface area contributed by atoms with Gasteiger partial charge in [-0.1, -0.05) is 49.2 Å². The highest BCUT2D eigenvalue weighted by atomic mass is 16.5. The SMILES string of the molecule is COC(=O)CCCCCC(c1ccc(O)cc1)c1c(C)c(OC)c2ccccc2c1OC. The number of rotatable bonds is 10. The van der Waals surface area contributed by atoms with Crippen molar-refractivity contribution < 1.29 is 24.1 Å². The van der Waals surface area contributed by atoms with E-state index in [0.717, 1.165) is 64.6 Å². The van der Waals surface area contributed by atoms with Gasteiger partial charge in [-0.05, 0) is 43.0 Å². The highest BCUT2D eigenvalue weighted by Crippen LogP contribution is 2.46. The van der Waals surface area contributed by atoms with Crippen LogP contribution in [0.2, 0.25) is 0 Å². The largest absolute Gasteiger partial charge is 0.508 e. The van der Waals surface area contributed by atoms with Crippen LogP contribution in [0.1, 0.15) is 54.7 Å². The average molecular weight is 437 g/mol. The summed E-state index contributed by atoms with van der Waals surface area (Å²) in [7, 11) is 4.83. The van der Waals surface area contributed by atoms with Gasteiger partial charge in [0.25, 0.3) is 0 Å². The molecule has 0 spiro atoms. The highest BCUT2D eigenvalue weighted by molar-refractivity contribution is 5.96. The molecule has 1 N–H and O–H groups in total. The minimum atomic E-state index is -0.170. The number of aromatic hydroxyl groups is 1. The average Bonchev–Trinajstić information content (AvgIpc) is 2.81. The van der Waals surface area contributed by atoms with Crippen molar-refractivity contribution >= 4 is 16.7 Å². The van der Waals surface area contributed by atoms with Crippen LogP contribution in [0.4, 0.5) is 0 Å². The Bertz CT molecular complexity index is 1060.